The number of likely N-dealkylation sites (tertiary alicyclic amines) is 1. The van der Waals surface area contributed by atoms with Gasteiger partial charge >= 0.3 is 0 Å². The average Bonchev–Trinajstić information content (AvgIpc) is 2.17. The predicted octanol–water partition coefficient (Wildman–Crippen LogP) is 1.94. The molecular weight excluding hydrogens is 258 g/mol. The molecule has 1 unspecified atom stereocenters. The van der Waals surface area contributed by atoms with E-state index in [1.165, 1.54) is 6.42 Å². The lowest BCUT2D eigenvalue weighted by molar-refractivity contribution is -0.147. The zero-order valence-electron chi connectivity index (χ0n) is 9.17. The normalized spacial score (nSPS) is 30.1. The first kappa shape index (κ1) is 11.4. The molecule has 2 rings (SSSR count). The minimum atomic E-state index is 0.0261. The maximum Gasteiger partial charge on any atom is 0.236 e. The summed E-state index contributed by atoms with van der Waals surface area (Å²) in [4.78, 5) is 14.1. The van der Waals surface area contributed by atoms with Crippen LogP contribution in [0.5, 0.6) is 0 Å². The topological polar surface area (TPSA) is 29.5 Å². The first-order valence-electron chi connectivity index (χ1n) is 5.64. The van der Waals surface area contributed by atoms with Crippen molar-refractivity contribution < 1.29 is 9.53 Å². The summed E-state index contributed by atoms with van der Waals surface area (Å²) in [6.07, 6.45) is 5.50. The van der Waals surface area contributed by atoms with E-state index in [0.29, 0.717) is 6.61 Å². The Morgan fingerprint density at radius 2 is 2.27 bits per heavy atom. The number of carbonyl (C=O) groups is 1. The zero-order valence-corrected chi connectivity index (χ0v) is 10.8. The van der Waals surface area contributed by atoms with E-state index in [0.717, 1.165) is 32.2 Å². The highest BCUT2D eigenvalue weighted by Gasteiger charge is 2.46. The number of rotatable bonds is 3. The van der Waals surface area contributed by atoms with Gasteiger partial charge in [0.2, 0.25) is 5.91 Å². The number of amides is 1. The maximum atomic E-state index is 12.1. The lowest BCUT2D eigenvalue weighted by atomic mass is 9.75. The van der Waals surface area contributed by atoms with Crippen molar-refractivity contribution in [2.45, 2.75) is 42.5 Å². The smallest absolute Gasteiger partial charge is 0.236 e. The Labute approximate surface area is 99.3 Å². The SMILES string of the molecule is COCC1(N2CCCC(Br)C2=O)CCC1. The third-order valence-electron chi connectivity index (χ3n) is 3.64. The number of ether oxygens (including phenoxy) is 1. The molecule has 1 saturated carbocycles. The van der Waals surface area contributed by atoms with Gasteiger partial charge in [-0.15, -0.1) is 0 Å². The molecular formula is C11H18BrNO2. The highest BCUT2D eigenvalue weighted by atomic mass is 79.9. The van der Waals surface area contributed by atoms with Gasteiger partial charge in [-0.3, -0.25) is 4.79 Å². The maximum absolute atomic E-state index is 12.1. The first-order chi connectivity index (χ1) is 7.19. The van der Waals surface area contributed by atoms with Crippen molar-refractivity contribution in [3.63, 3.8) is 0 Å². The van der Waals surface area contributed by atoms with Crippen LogP contribution in [-0.4, -0.2) is 41.4 Å². The Hall–Kier alpha value is -0.0900. The molecule has 1 atom stereocenters. The molecule has 0 aromatic heterocycles. The van der Waals surface area contributed by atoms with Gasteiger partial charge in [-0.25, -0.2) is 0 Å². The largest absolute Gasteiger partial charge is 0.382 e. The van der Waals surface area contributed by atoms with Crippen molar-refractivity contribution >= 4 is 21.8 Å². The zero-order chi connectivity index (χ0) is 10.9. The molecule has 0 aromatic carbocycles. The van der Waals surface area contributed by atoms with Gasteiger partial charge in [-0.2, -0.15) is 0 Å². The van der Waals surface area contributed by atoms with Gasteiger partial charge in [0.1, 0.15) is 0 Å². The monoisotopic (exact) mass is 275 g/mol. The molecule has 1 saturated heterocycles. The fraction of sp³-hybridized carbons (Fsp3) is 0.909. The van der Waals surface area contributed by atoms with E-state index in [1.807, 2.05) is 0 Å². The van der Waals surface area contributed by atoms with E-state index >= 15 is 0 Å². The second-order valence-corrected chi connectivity index (χ2v) is 5.72. The fourth-order valence-electron chi connectivity index (χ4n) is 2.65. The molecule has 86 valence electrons. The van der Waals surface area contributed by atoms with Gasteiger partial charge in [0, 0.05) is 13.7 Å². The van der Waals surface area contributed by atoms with Crippen LogP contribution in [0, 0.1) is 0 Å². The molecule has 0 bridgehead atoms. The number of halogens is 1. The molecule has 0 N–H and O–H groups in total. The Morgan fingerprint density at radius 3 is 2.80 bits per heavy atom. The summed E-state index contributed by atoms with van der Waals surface area (Å²) in [7, 11) is 1.72. The Morgan fingerprint density at radius 1 is 1.53 bits per heavy atom. The Balaban J connectivity index is 2.09. The third kappa shape index (κ3) is 1.94. The fourth-order valence-corrected chi connectivity index (χ4v) is 3.22. The van der Waals surface area contributed by atoms with Crippen molar-refractivity contribution in [2.75, 3.05) is 20.3 Å². The van der Waals surface area contributed by atoms with Crippen molar-refractivity contribution in [1.82, 2.24) is 4.90 Å². The molecule has 4 heteroatoms. The summed E-state index contributed by atoms with van der Waals surface area (Å²) in [5.41, 5.74) is 0.0261. The predicted molar refractivity (Wildman–Crippen MR) is 62.1 cm³/mol. The van der Waals surface area contributed by atoms with Crippen molar-refractivity contribution in [3.05, 3.63) is 0 Å². The van der Waals surface area contributed by atoms with Crippen LogP contribution in [0.1, 0.15) is 32.1 Å². The second-order valence-electron chi connectivity index (χ2n) is 4.61. The van der Waals surface area contributed by atoms with Gasteiger partial charge in [0.25, 0.3) is 0 Å². The summed E-state index contributed by atoms with van der Waals surface area (Å²) in [6, 6.07) is 0. The summed E-state index contributed by atoms with van der Waals surface area (Å²) < 4.78 is 5.28. The van der Waals surface area contributed by atoms with Crippen molar-refractivity contribution in [3.8, 4) is 0 Å². The number of nitrogens with zero attached hydrogens (tertiary/aromatic N) is 1. The first-order valence-corrected chi connectivity index (χ1v) is 6.56. The van der Waals surface area contributed by atoms with Crippen LogP contribution in [0.15, 0.2) is 0 Å². The molecule has 1 aliphatic heterocycles. The summed E-state index contributed by atoms with van der Waals surface area (Å²) in [5, 5.41) is 0. The van der Waals surface area contributed by atoms with Crippen LogP contribution in [0.25, 0.3) is 0 Å². The van der Waals surface area contributed by atoms with E-state index in [2.05, 4.69) is 20.8 Å². The van der Waals surface area contributed by atoms with Gasteiger partial charge in [0.05, 0.1) is 17.0 Å². The highest BCUT2D eigenvalue weighted by Crippen LogP contribution is 2.40. The van der Waals surface area contributed by atoms with Crippen LogP contribution < -0.4 is 0 Å². The summed E-state index contributed by atoms with van der Waals surface area (Å²) >= 11 is 3.46. The number of carbonyl (C=O) groups excluding carboxylic acids is 1. The number of hydrogen-bond acceptors (Lipinski definition) is 2. The molecule has 1 amide bonds. The number of hydrogen-bond donors (Lipinski definition) is 0. The molecule has 2 fully saturated rings. The van der Waals surface area contributed by atoms with Crippen LogP contribution in [-0.2, 0) is 9.53 Å². The quantitative estimate of drug-likeness (QED) is 0.737. The molecule has 2 aliphatic rings. The summed E-state index contributed by atoms with van der Waals surface area (Å²) in [6.45, 7) is 1.60. The number of alkyl halides is 1. The molecule has 3 nitrogen and oxygen atoms in total. The van der Waals surface area contributed by atoms with Gasteiger partial charge < -0.3 is 9.64 Å². The van der Waals surface area contributed by atoms with Crippen molar-refractivity contribution in [2.24, 2.45) is 0 Å². The number of piperidine rings is 1. The Bertz CT molecular complexity index is 253. The molecule has 1 heterocycles. The number of methoxy groups -OCH3 is 1. The minimum absolute atomic E-state index is 0.0261. The standard InChI is InChI=1S/C11H18BrNO2/c1-15-8-11(5-3-6-11)13-7-2-4-9(12)10(13)14/h9H,2-8H2,1H3. The molecule has 0 aromatic rings. The molecule has 1 aliphatic carbocycles. The van der Waals surface area contributed by atoms with E-state index in [9.17, 15) is 4.79 Å². The minimum Gasteiger partial charge on any atom is -0.382 e. The Kier molecular flexibility index (Phi) is 3.36. The van der Waals surface area contributed by atoms with Gasteiger partial charge in [-0.1, -0.05) is 15.9 Å². The van der Waals surface area contributed by atoms with E-state index in [1.54, 1.807) is 7.11 Å². The van der Waals surface area contributed by atoms with Crippen molar-refractivity contribution in [1.29, 1.82) is 0 Å². The van der Waals surface area contributed by atoms with Gasteiger partial charge in [-0.05, 0) is 32.1 Å². The van der Waals surface area contributed by atoms with E-state index in [-0.39, 0.29) is 16.3 Å². The van der Waals surface area contributed by atoms with E-state index < -0.39 is 0 Å². The van der Waals surface area contributed by atoms with Gasteiger partial charge in [0.15, 0.2) is 0 Å². The molecule has 0 radical (unpaired) electrons. The second kappa shape index (κ2) is 4.42. The molecule has 15 heavy (non-hydrogen) atoms. The van der Waals surface area contributed by atoms with Crippen LogP contribution in [0.3, 0.4) is 0 Å². The average molecular weight is 276 g/mol. The molecule has 0 spiro atoms. The van der Waals surface area contributed by atoms with Crippen LogP contribution in [0.2, 0.25) is 0 Å². The highest BCUT2D eigenvalue weighted by molar-refractivity contribution is 9.10. The van der Waals surface area contributed by atoms with Crippen LogP contribution in [0.4, 0.5) is 0 Å². The third-order valence-corrected chi connectivity index (χ3v) is 4.49. The lowest BCUT2D eigenvalue weighted by Crippen LogP contribution is -2.62. The summed E-state index contributed by atoms with van der Waals surface area (Å²) in [5.74, 6) is 0.262. The lowest BCUT2D eigenvalue weighted by Gasteiger charge is -2.51. The van der Waals surface area contributed by atoms with E-state index in [4.69, 9.17) is 4.74 Å². The van der Waals surface area contributed by atoms with Crippen LogP contribution >= 0.6 is 15.9 Å².